The molecule has 1 aliphatic rings. The molecule has 0 unspecified atom stereocenters. The van der Waals surface area contributed by atoms with Crippen LogP contribution in [0.15, 0.2) is 40.9 Å². The smallest absolute Gasteiger partial charge is 0.422 e. The molecule has 0 bridgehead atoms. The largest absolute Gasteiger partial charge is 0.478 e. The number of benzene rings is 1. The molecule has 1 aromatic carbocycles. The number of hydrogen-bond acceptors (Lipinski definition) is 7. The van der Waals surface area contributed by atoms with Crippen LogP contribution in [0.2, 0.25) is 5.02 Å². The van der Waals surface area contributed by atoms with Gasteiger partial charge >= 0.3 is 12.1 Å². The molecule has 0 spiro atoms. The minimum Gasteiger partial charge on any atom is -0.478 e. The normalized spacial score (nSPS) is 15.2. The van der Waals surface area contributed by atoms with Gasteiger partial charge in [-0.25, -0.2) is 9.97 Å². The van der Waals surface area contributed by atoms with Crippen molar-refractivity contribution in [1.29, 1.82) is 0 Å². The second kappa shape index (κ2) is 11.2. The summed E-state index contributed by atoms with van der Waals surface area (Å²) in [7, 11) is 1.27. The highest BCUT2D eigenvalue weighted by Gasteiger charge is 2.31. The third-order valence-electron chi connectivity index (χ3n) is 4.87. The van der Waals surface area contributed by atoms with Crippen molar-refractivity contribution >= 4 is 40.4 Å². The van der Waals surface area contributed by atoms with Crippen LogP contribution in [-0.4, -0.2) is 52.8 Å². The van der Waals surface area contributed by atoms with E-state index in [4.69, 9.17) is 20.8 Å². The Balaban J connectivity index is 0.000000197. The second-order valence-corrected chi connectivity index (χ2v) is 9.34. The standard InChI is InChI=1S/C14H16N2O2S.C8H7ClF3NO2/c1-14(6-8-19-9-7-14)16-12(17)13-15-10-4-2-3-5-11(10)18-13;1-14-7-6(2-5(9)3-13-7)15-4-8(10,11)12/h2-5H,6-9H2,1H3,(H,16,17);2-3H,4H2,1H3. The highest BCUT2D eigenvalue weighted by Crippen LogP contribution is 2.29. The summed E-state index contributed by atoms with van der Waals surface area (Å²) in [6.07, 6.45) is -1.18. The molecular formula is C22H23ClF3N3O4S. The van der Waals surface area contributed by atoms with Gasteiger partial charge in [-0.05, 0) is 43.4 Å². The quantitative estimate of drug-likeness (QED) is 0.476. The van der Waals surface area contributed by atoms with Crippen LogP contribution >= 0.6 is 23.4 Å². The van der Waals surface area contributed by atoms with E-state index < -0.39 is 12.8 Å². The number of para-hydroxylation sites is 2. The number of oxazole rings is 1. The van der Waals surface area contributed by atoms with Crippen LogP contribution in [-0.2, 0) is 0 Å². The molecular weight excluding hydrogens is 495 g/mol. The lowest BCUT2D eigenvalue weighted by Crippen LogP contribution is -2.48. The van der Waals surface area contributed by atoms with Crippen molar-refractivity contribution in [3.05, 3.63) is 47.4 Å². The molecule has 1 saturated heterocycles. The number of thioether (sulfide) groups is 1. The summed E-state index contributed by atoms with van der Waals surface area (Å²) in [6.45, 7) is 0.679. The van der Waals surface area contributed by atoms with Crippen molar-refractivity contribution < 1.29 is 31.9 Å². The zero-order valence-corrected chi connectivity index (χ0v) is 20.0. The van der Waals surface area contributed by atoms with Gasteiger partial charge in [0.1, 0.15) is 5.52 Å². The molecule has 1 fully saturated rings. The SMILES string of the molecule is CC1(NC(=O)c2nc3ccccc3o2)CCSCC1.COc1ncc(Cl)cc1OCC(F)(F)F. The van der Waals surface area contributed by atoms with Gasteiger partial charge in [-0.3, -0.25) is 4.79 Å². The first-order valence-electron chi connectivity index (χ1n) is 10.2. The Labute approximate surface area is 203 Å². The van der Waals surface area contributed by atoms with E-state index in [1.54, 1.807) is 0 Å². The summed E-state index contributed by atoms with van der Waals surface area (Å²) in [5.74, 6) is 1.94. The maximum atomic E-state index is 12.2. The minimum absolute atomic E-state index is 0.0383. The van der Waals surface area contributed by atoms with Gasteiger partial charge < -0.3 is 19.2 Å². The summed E-state index contributed by atoms with van der Waals surface area (Å²) < 4.78 is 50.2. The lowest BCUT2D eigenvalue weighted by Gasteiger charge is -2.33. The Morgan fingerprint density at radius 3 is 2.65 bits per heavy atom. The van der Waals surface area contributed by atoms with Crippen molar-refractivity contribution in [3.8, 4) is 11.6 Å². The summed E-state index contributed by atoms with van der Waals surface area (Å²) >= 11 is 7.48. The molecule has 4 rings (SSSR count). The van der Waals surface area contributed by atoms with Gasteiger partial charge in [-0.15, -0.1) is 0 Å². The lowest BCUT2D eigenvalue weighted by atomic mass is 9.95. The number of rotatable bonds is 5. The number of halogens is 4. The highest BCUT2D eigenvalue weighted by molar-refractivity contribution is 7.99. The molecule has 34 heavy (non-hydrogen) atoms. The first-order chi connectivity index (χ1) is 16.1. The molecule has 0 atom stereocenters. The fraction of sp³-hybridized carbons (Fsp3) is 0.409. The van der Waals surface area contributed by atoms with E-state index in [0.717, 1.165) is 29.9 Å². The number of ether oxygens (including phenoxy) is 2. The predicted molar refractivity (Wildman–Crippen MR) is 124 cm³/mol. The minimum atomic E-state index is -4.41. The van der Waals surface area contributed by atoms with Crippen molar-refractivity contribution in [2.75, 3.05) is 25.2 Å². The topological polar surface area (TPSA) is 86.5 Å². The Morgan fingerprint density at radius 1 is 1.29 bits per heavy atom. The van der Waals surface area contributed by atoms with Crippen LogP contribution in [0.3, 0.4) is 0 Å². The van der Waals surface area contributed by atoms with Crippen LogP contribution < -0.4 is 14.8 Å². The molecule has 0 aliphatic carbocycles. The lowest BCUT2D eigenvalue weighted by molar-refractivity contribution is -0.153. The third-order valence-corrected chi connectivity index (χ3v) is 6.06. The molecule has 7 nitrogen and oxygen atoms in total. The van der Waals surface area contributed by atoms with Crippen LogP contribution in [0.4, 0.5) is 13.2 Å². The summed E-state index contributed by atoms with van der Waals surface area (Å²) in [5.41, 5.74) is 1.23. The number of methoxy groups -OCH3 is 1. The summed E-state index contributed by atoms with van der Waals surface area (Å²) in [5, 5.41) is 3.24. The third kappa shape index (κ3) is 7.42. The molecule has 2 aromatic heterocycles. The Hall–Kier alpha value is -2.66. The number of aromatic nitrogens is 2. The molecule has 0 radical (unpaired) electrons. The fourth-order valence-electron chi connectivity index (χ4n) is 3.07. The summed E-state index contributed by atoms with van der Waals surface area (Å²) in [6, 6.07) is 8.62. The van der Waals surface area contributed by atoms with Crippen LogP contribution in [0.25, 0.3) is 11.1 Å². The number of carbonyl (C=O) groups excluding carboxylic acids is 1. The van der Waals surface area contributed by atoms with Crippen LogP contribution in [0.5, 0.6) is 11.6 Å². The van der Waals surface area contributed by atoms with E-state index in [1.807, 2.05) is 36.0 Å². The fourth-order valence-corrected chi connectivity index (χ4v) is 4.61. The number of nitrogens with zero attached hydrogens (tertiary/aromatic N) is 2. The Bertz CT molecular complexity index is 1090. The van der Waals surface area contributed by atoms with Crippen LogP contribution in [0, 0.1) is 0 Å². The number of carbonyl (C=O) groups is 1. The molecule has 1 amide bonds. The Morgan fingerprint density at radius 2 is 2.00 bits per heavy atom. The first kappa shape index (κ1) is 26.0. The van der Waals surface area contributed by atoms with Gasteiger partial charge in [0.2, 0.25) is 0 Å². The monoisotopic (exact) mass is 517 g/mol. The number of hydrogen-bond donors (Lipinski definition) is 1. The molecule has 1 N–H and O–H groups in total. The van der Waals surface area contributed by atoms with Crippen molar-refractivity contribution in [3.63, 3.8) is 0 Å². The van der Waals surface area contributed by atoms with Gasteiger partial charge in [0.05, 0.1) is 12.1 Å². The van der Waals surface area contributed by atoms with Gasteiger partial charge in [0.15, 0.2) is 17.9 Å². The van der Waals surface area contributed by atoms with Gasteiger partial charge in [0.25, 0.3) is 11.8 Å². The Kier molecular flexibility index (Phi) is 8.53. The zero-order chi connectivity index (χ0) is 24.8. The maximum Gasteiger partial charge on any atom is 0.422 e. The van der Waals surface area contributed by atoms with Crippen molar-refractivity contribution in [2.45, 2.75) is 31.5 Å². The molecule has 184 valence electrons. The van der Waals surface area contributed by atoms with E-state index in [2.05, 4.69) is 26.9 Å². The second-order valence-electron chi connectivity index (χ2n) is 7.68. The van der Waals surface area contributed by atoms with E-state index in [0.29, 0.717) is 5.58 Å². The summed E-state index contributed by atoms with van der Waals surface area (Å²) in [4.78, 5) is 20.1. The number of alkyl halides is 3. The average Bonchev–Trinajstić information content (AvgIpc) is 3.23. The number of nitrogens with one attached hydrogen (secondary N) is 1. The van der Waals surface area contributed by atoms with Gasteiger partial charge in [-0.1, -0.05) is 23.7 Å². The average molecular weight is 518 g/mol. The number of fused-ring (bicyclic) bond motifs is 1. The molecule has 1 aliphatic heterocycles. The van der Waals surface area contributed by atoms with E-state index in [1.165, 1.54) is 19.4 Å². The van der Waals surface area contributed by atoms with Gasteiger partial charge in [-0.2, -0.15) is 24.9 Å². The van der Waals surface area contributed by atoms with Gasteiger partial charge in [0, 0.05) is 17.8 Å². The van der Waals surface area contributed by atoms with Crippen LogP contribution in [0.1, 0.15) is 30.5 Å². The highest BCUT2D eigenvalue weighted by atomic mass is 35.5. The predicted octanol–water partition coefficient (Wildman–Crippen LogP) is 5.53. The first-order valence-corrected chi connectivity index (χ1v) is 11.8. The molecule has 3 heterocycles. The van der Waals surface area contributed by atoms with E-state index in [-0.39, 0.29) is 34.0 Å². The van der Waals surface area contributed by atoms with Crippen molar-refractivity contribution in [2.24, 2.45) is 0 Å². The molecule has 12 heteroatoms. The maximum absolute atomic E-state index is 12.2. The van der Waals surface area contributed by atoms with Crippen molar-refractivity contribution in [1.82, 2.24) is 15.3 Å². The zero-order valence-electron chi connectivity index (χ0n) is 18.4. The molecule has 0 saturated carbocycles. The molecule has 3 aromatic rings. The number of pyridine rings is 1. The van der Waals surface area contributed by atoms with E-state index >= 15 is 0 Å². The van der Waals surface area contributed by atoms with E-state index in [9.17, 15) is 18.0 Å². The number of amides is 1.